The van der Waals surface area contributed by atoms with Gasteiger partial charge in [-0.25, -0.2) is 9.98 Å². The van der Waals surface area contributed by atoms with Crippen LogP contribution in [0.3, 0.4) is 0 Å². The zero-order chi connectivity index (χ0) is 21.6. The molecule has 2 aromatic rings. The van der Waals surface area contributed by atoms with Gasteiger partial charge in [0, 0.05) is 51.7 Å². The van der Waals surface area contributed by atoms with Gasteiger partial charge in [-0.05, 0) is 18.4 Å². The maximum Gasteiger partial charge on any atom is 0.194 e. The summed E-state index contributed by atoms with van der Waals surface area (Å²) in [5.74, 6) is 2.56. The van der Waals surface area contributed by atoms with E-state index < -0.39 is 0 Å². The summed E-state index contributed by atoms with van der Waals surface area (Å²) in [6.07, 6.45) is 4.15. The minimum Gasteiger partial charge on any atom is -0.373 e. The van der Waals surface area contributed by atoms with E-state index in [1.54, 1.807) is 0 Å². The average Bonchev–Trinajstić information content (AvgIpc) is 3.39. The van der Waals surface area contributed by atoms with Crippen LogP contribution < -0.4 is 5.32 Å². The smallest absolute Gasteiger partial charge is 0.194 e. The lowest BCUT2D eigenvalue weighted by molar-refractivity contribution is -0.0502. The number of guanidine groups is 1. The van der Waals surface area contributed by atoms with Gasteiger partial charge in [-0.2, -0.15) is 0 Å². The number of nitrogens with zero attached hydrogens (tertiary/aromatic N) is 5. The van der Waals surface area contributed by atoms with E-state index in [-0.39, 0.29) is 30.1 Å². The molecule has 4 rings (SSSR count). The maximum atomic E-state index is 6.16. The highest BCUT2D eigenvalue weighted by Crippen LogP contribution is 2.24. The lowest BCUT2D eigenvalue weighted by Crippen LogP contribution is -2.50. The molecule has 8 heteroatoms. The Bertz CT molecular complexity index is 855. The molecule has 0 aliphatic carbocycles. The van der Waals surface area contributed by atoms with Crippen molar-refractivity contribution in [2.75, 3.05) is 32.8 Å². The molecule has 32 heavy (non-hydrogen) atoms. The van der Waals surface area contributed by atoms with Gasteiger partial charge in [0.2, 0.25) is 0 Å². The molecule has 2 unspecified atom stereocenters. The van der Waals surface area contributed by atoms with Crippen molar-refractivity contribution in [2.24, 2.45) is 10.9 Å². The quantitative estimate of drug-likeness (QED) is 0.325. The number of morpholine rings is 1. The first-order valence-electron chi connectivity index (χ1n) is 11.6. The number of aliphatic imine (C=N–C) groups is 1. The molecule has 1 aromatic carbocycles. The van der Waals surface area contributed by atoms with Crippen molar-refractivity contribution in [3.63, 3.8) is 0 Å². The Kier molecular flexibility index (Phi) is 9.36. The fourth-order valence-electron chi connectivity index (χ4n) is 4.57. The van der Waals surface area contributed by atoms with E-state index in [1.165, 1.54) is 5.56 Å². The SMILES string of the molecule is CCNC(=NCc1nccn1CC(C)C)N1CC2OCCN(Cc3ccccc3)C2C1.I. The van der Waals surface area contributed by atoms with E-state index in [1.807, 2.05) is 6.20 Å². The molecule has 2 aliphatic rings. The summed E-state index contributed by atoms with van der Waals surface area (Å²) >= 11 is 0. The van der Waals surface area contributed by atoms with Gasteiger partial charge >= 0.3 is 0 Å². The number of hydrogen-bond acceptors (Lipinski definition) is 4. The number of imidazole rings is 1. The van der Waals surface area contributed by atoms with Crippen molar-refractivity contribution in [1.29, 1.82) is 0 Å². The van der Waals surface area contributed by atoms with E-state index in [9.17, 15) is 0 Å². The molecular weight excluding hydrogens is 515 g/mol. The summed E-state index contributed by atoms with van der Waals surface area (Å²) < 4.78 is 8.37. The highest BCUT2D eigenvalue weighted by molar-refractivity contribution is 14.0. The summed E-state index contributed by atoms with van der Waals surface area (Å²) in [7, 11) is 0. The molecule has 1 N–H and O–H groups in total. The Morgan fingerprint density at radius 1 is 1.25 bits per heavy atom. The first kappa shape index (κ1) is 25.0. The molecule has 2 saturated heterocycles. The second kappa shape index (κ2) is 12.0. The number of fused-ring (bicyclic) bond motifs is 1. The lowest BCUT2D eigenvalue weighted by Gasteiger charge is -2.36. The van der Waals surface area contributed by atoms with Gasteiger partial charge in [-0.3, -0.25) is 4.90 Å². The second-order valence-corrected chi connectivity index (χ2v) is 8.90. The fourth-order valence-corrected chi connectivity index (χ4v) is 4.57. The van der Waals surface area contributed by atoms with Gasteiger partial charge in [-0.15, -0.1) is 24.0 Å². The third kappa shape index (κ3) is 6.23. The molecule has 0 bridgehead atoms. The summed E-state index contributed by atoms with van der Waals surface area (Å²) in [6.45, 7) is 13.5. The molecular formula is C24H37IN6O. The number of ether oxygens (including phenoxy) is 1. The van der Waals surface area contributed by atoms with Crippen LogP contribution in [0.1, 0.15) is 32.2 Å². The van der Waals surface area contributed by atoms with Crippen molar-refractivity contribution < 1.29 is 4.74 Å². The minimum atomic E-state index is 0. The predicted molar refractivity (Wildman–Crippen MR) is 139 cm³/mol. The van der Waals surface area contributed by atoms with Crippen molar-refractivity contribution in [3.05, 3.63) is 54.1 Å². The monoisotopic (exact) mass is 552 g/mol. The molecule has 2 aliphatic heterocycles. The summed E-state index contributed by atoms with van der Waals surface area (Å²) in [6, 6.07) is 11.1. The van der Waals surface area contributed by atoms with Crippen LogP contribution in [0.4, 0.5) is 0 Å². The summed E-state index contributed by atoms with van der Waals surface area (Å²) in [5.41, 5.74) is 1.36. The number of likely N-dealkylation sites (tertiary alicyclic amines) is 1. The van der Waals surface area contributed by atoms with Crippen LogP contribution in [0.5, 0.6) is 0 Å². The summed E-state index contributed by atoms with van der Waals surface area (Å²) in [5, 5.41) is 3.49. The van der Waals surface area contributed by atoms with Crippen LogP contribution in [0.25, 0.3) is 0 Å². The van der Waals surface area contributed by atoms with Crippen LogP contribution in [0.2, 0.25) is 0 Å². The third-order valence-corrected chi connectivity index (χ3v) is 6.01. The molecule has 176 valence electrons. The lowest BCUT2D eigenvalue weighted by atomic mass is 10.1. The number of nitrogens with one attached hydrogen (secondary N) is 1. The van der Waals surface area contributed by atoms with E-state index in [0.29, 0.717) is 18.5 Å². The second-order valence-electron chi connectivity index (χ2n) is 8.90. The van der Waals surface area contributed by atoms with Crippen LogP contribution in [0.15, 0.2) is 47.7 Å². The number of hydrogen-bond donors (Lipinski definition) is 1. The fraction of sp³-hybridized carbons (Fsp3) is 0.583. The van der Waals surface area contributed by atoms with Crippen LogP contribution in [-0.2, 0) is 24.4 Å². The number of halogens is 1. The molecule has 1 aromatic heterocycles. The van der Waals surface area contributed by atoms with Gasteiger partial charge in [0.1, 0.15) is 12.4 Å². The number of benzene rings is 1. The molecule has 7 nitrogen and oxygen atoms in total. The van der Waals surface area contributed by atoms with Crippen molar-refractivity contribution in [1.82, 2.24) is 24.7 Å². The van der Waals surface area contributed by atoms with Crippen molar-refractivity contribution in [3.8, 4) is 0 Å². The Hall–Kier alpha value is -1.65. The van der Waals surface area contributed by atoms with Gasteiger partial charge in [0.25, 0.3) is 0 Å². The topological polar surface area (TPSA) is 57.9 Å². The van der Waals surface area contributed by atoms with Gasteiger partial charge < -0.3 is 19.5 Å². The zero-order valence-corrected chi connectivity index (χ0v) is 21.8. The molecule has 0 spiro atoms. The van der Waals surface area contributed by atoms with Gasteiger partial charge in [0.05, 0.1) is 18.8 Å². The highest BCUT2D eigenvalue weighted by Gasteiger charge is 2.41. The molecule has 3 heterocycles. The molecule has 2 atom stereocenters. The Morgan fingerprint density at radius 2 is 2.06 bits per heavy atom. The molecule has 0 saturated carbocycles. The van der Waals surface area contributed by atoms with Crippen LogP contribution in [0, 0.1) is 5.92 Å². The van der Waals surface area contributed by atoms with E-state index >= 15 is 0 Å². The maximum absolute atomic E-state index is 6.16. The Balaban J connectivity index is 0.00000289. The van der Waals surface area contributed by atoms with Gasteiger partial charge in [0.15, 0.2) is 5.96 Å². The molecule has 2 fully saturated rings. The molecule has 0 radical (unpaired) electrons. The average molecular weight is 553 g/mol. The van der Waals surface area contributed by atoms with Crippen molar-refractivity contribution >= 4 is 29.9 Å². The number of aromatic nitrogens is 2. The van der Waals surface area contributed by atoms with Crippen molar-refractivity contribution in [2.45, 2.75) is 52.6 Å². The first-order chi connectivity index (χ1) is 15.1. The predicted octanol–water partition coefficient (Wildman–Crippen LogP) is 3.21. The normalized spacial score (nSPS) is 21.5. The van der Waals surface area contributed by atoms with E-state index in [2.05, 4.69) is 82.0 Å². The van der Waals surface area contributed by atoms with E-state index in [0.717, 1.165) is 57.7 Å². The Labute approximate surface area is 209 Å². The largest absolute Gasteiger partial charge is 0.373 e. The Morgan fingerprint density at radius 3 is 2.81 bits per heavy atom. The van der Waals surface area contributed by atoms with Gasteiger partial charge in [-0.1, -0.05) is 44.2 Å². The first-order valence-corrected chi connectivity index (χ1v) is 11.6. The minimum absolute atomic E-state index is 0. The highest BCUT2D eigenvalue weighted by atomic mass is 127. The standard InChI is InChI=1S/C24H36N6O.HI/c1-4-25-24(27-14-23-26-10-11-29(23)15-19(2)3)30-17-21-22(18-30)31-13-12-28(21)16-20-8-6-5-7-9-20;/h5-11,19,21-22H,4,12-18H2,1-3H3,(H,25,27);1H. The number of rotatable bonds is 7. The van der Waals surface area contributed by atoms with E-state index in [4.69, 9.17) is 9.73 Å². The van der Waals surface area contributed by atoms with Crippen LogP contribution >= 0.6 is 24.0 Å². The molecule has 0 amide bonds. The third-order valence-electron chi connectivity index (χ3n) is 6.01. The van der Waals surface area contributed by atoms with Crippen LogP contribution in [-0.4, -0.2) is 70.2 Å². The summed E-state index contributed by atoms with van der Waals surface area (Å²) in [4.78, 5) is 14.4. The zero-order valence-electron chi connectivity index (χ0n) is 19.5.